The van der Waals surface area contributed by atoms with Crippen LogP contribution < -0.4 is 0 Å². The molecule has 0 saturated heterocycles. The molecule has 2 rings (SSSR count). The second-order valence-corrected chi connectivity index (χ2v) is 4.89. The predicted molar refractivity (Wildman–Crippen MR) is 69.0 cm³/mol. The Bertz CT molecular complexity index is 536. The van der Waals surface area contributed by atoms with E-state index in [1.807, 2.05) is 17.8 Å². The summed E-state index contributed by atoms with van der Waals surface area (Å²) in [5.74, 6) is 0.200. The first-order chi connectivity index (χ1) is 8.65. The van der Waals surface area contributed by atoms with Crippen LogP contribution >= 0.6 is 11.8 Å². The summed E-state index contributed by atoms with van der Waals surface area (Å²) >= 11 is 1.41. The van der Waals surface area contributed by atoms with Gasteiger partial charge in [-0.1, -0.05) is 23.9 Å². The number of benzene rings is 1. The number of rotatable bonds is 5. The van der Waals surface area contributed by atoms with Gasteiger partial charge >= 0.3 is 0 Å². The zero-order valence-corrected chi connectivity index (χ0v) is 10.8. The normalized spacial score (nSPS) is 10.6. The number of nitrogens with zero attached hydrogens (tertiary/aromatic N) is 2. The first-order valence-corrected chi connectivity index (χ1v) is 6.50. The molecule has 0 aliphatic heterocycles. The summed E-state index contributed by atoms with van der Waals surface area (Å²) in [5, 5.41) is 0.822. The molecular weight excluding hydrogens is 251 g/mol. The maximum absolute atomic E-state index is 12.7. The van der Waals surface area contributed by atoms with Crippen molar-refractivity contribution in [2.75, 3.05) is 5.75 Å². The molecular formula is C13H13FN2OS. The molecule has 0 aliphatic carbocycles. The van der Waals surface area contributed by atoms with Crippen molar-refractivity contribution in [3.8, 4) is 0 Å². The number of carbonyl (C=O) groups is 1. The minimum atomic E-state index is -0.284. The van der Waals surface area contributed by atoms with Crippen LogP contribution in [0.3, 0.4) is 0 Å². The van der Waals surface area contributed by atoms with Crippen LogP contribution in [0.4, 0.5) is 4.39 Å². The molecule has 0 N–H and O–H groups in total. The van der Waals surface area contributed by atoms with Crippen molar-refractivity contribution in [3.63, 3.8) is 0 Å². The fraction of sp³-hybridized carbons (Fsp3) is 0.231. The fourth-order valence-electron chi connectivity index (χ4n) is 1.52. The Hall–Kier alpha value is -1.62. The summed E-state index contributed by atoms with van der Waals surface area (Å²) < 4.78 is 14.6. The van der Waals surface area contributed by atoms with Crippen molar-refractivity contribution >= 4 is 17.5 Å². The zero-order valence-electron chi connectivity index (χ0n) is 9.97. The number of hydrogen-bond acceptors (Lipinski definition) is 3. The number of aromatic nitrogens is 2. The highest BCUT2D eigenvalue weighted by Gasteiger charge is 2.07. The van der Waals surface area contributed by atoms with E-state index < -0.39 is 0 Å². The molecule has 0 spiro atoms. The van der Waals surface area contributed by atoms with Crippen molar-refractivity contribution in [2.45, 2.75) is 11.6 Å². The van der Waals surface area contributed by atoms with Gasteiger partial charge in [0.05, 0.1) is 5.75 Å². The smallest absolute Gasteiger partial charge is 0.168 e. The first kappa shape index (κ1) is 12.8. The molecule has 1 aromatic heterocycles. The van der Waals surface area contributed by atoms with Gasteiger partial charge in [0, 0.05) is 25.9 Å². The lowest BCUT2D eigenvalue weighted by Gasteiger charge is -2.02. The summed E-state index contributed by atoms with van der Waals surface area (Å²) in [6.07, 6.45) is 3.87. The largest absolute Gasteiger partial charge is 0.329 e. The van der Waals surface area contributed by atoms with Crippen LogP contribution in [-0.4, -0.2) is 21.1 Å². The molecule has 0 fully saturated rings. The number of hydrogen-bond donors (Lipinski definition) is 0. The highest BCUT2D eigenvalue weighted by Crippen LogP contribution is 2.15. The molecule has 2 aromatic rings. The first-order valence-electron chi connectivity index (χ1n) is 5.51. The van der Waals surface area contributed by atoms with Crippen molar-refractivity contribution in [3.05, 3.63) is 48.0 Å². The quantitative estimate of drug-likeness (QED) is 0.778. The standard InChI is InChI=1S/C13H13FN2OS/c1-16-7-6-15-13(16)18-9-12(17)8-10-2-4-11(14)5-3-10/h2-7H,8-9H2,1H3. The van der Waals surface area contributed by atoms with E-state index in [0.29, 0.717) is 12.2 Å². The second-order valence-electron chi connectivity index (χ2n) is 3.95. The summed E-state index contributed by atoms with van der Waals surface area (Å²) in [6.45, 7) is 0. The minimum absolute atomic E-state index is 0.106. The molecule has 5 heteroatoms. The Balaban J connectivity index is 1.86. The van der Waals surface area contributed by atoms with Gasteiger partial charge in [-0.05, 0) is 17.7 Å². The van der Waals surface area contributed by atoms with Gasteiger partial charge in [0.25, 0.3) is 0 Å². The summed E-state index contributed by atoms with van der Waals surface area (Å²) in [5.41, 5.74) is 0.835. The lowest BCUT2D eigenvalue weighted by molar-refractivity contribution is -0.116. The number of aryl methyl sites for hydroxylation is 1. The summed E-state index contributed by atoms with van der Waals surface area (Å²) in [4.78, 5) is 15.9. The van der Waals surface area contributed by atoms with Crippen molar-refractivity contribution < 1.29 is 9.18 Å². The monoisotopic (exact) mass is 264 g/mol. The molecule has 0 atom stereocenters. The van der Waals surface area contributed by atoms with E-state index >= 15 is 0 Å². The number of Topliss-reactive ketones (excluding diaryl/α,β-unsaturated/α-hetero) is 1. The number of imidazole rings is 1. The van der Waals surface area contributed by atoms with E-state index in [1.54, 1.807) is 18.3 Å². The lowest BCUT2D eigenvalue weighted by atomic mass is 10.1. The van der Waals surface area contributed by atoms with E-state index in [1.165, 1.54) is 23.9 Å². The van der Waals surface area contributed by atoms with Gasteiger partial charge in [-0.15, -0.1) is 0 Å². The molecule has 0 aliphatic rings. The van der Waals surface area contributed by atoms with Crippen LogP contribution in [0.15, 0.2) is 41.8 Å². The highest BCUT2D eigenvalue weighted by molar-refractivity contribution is 7.99. The van der Waals surface area contributed by atoms with Crippen LogP contribution in [0.1, 0.15) is 5.56 Å². The maximum atomic E-state index is 12.7. The Kier molecular flexibility index (Phi) is 4.15. The molecule has 94 valence electrons. The SMILES string of the molecule is Cn1ccnc1SCC(=O)Cc1ccc(F)cc1. The van der Waals surface area contributed by atoms with Crippen LogP contribution in [0.25, 0.3) is 0 Å². The van der Waals surface area contributed by atoms with E-state index in [2.05, 4.69) is 4.98 Å². The molecule has 0 radical (unpaired) electrons. The molecule has 1 aromatic carbocycles. The van der Waals surface area contributed by atoms with E-state index in [0.717, 1.165) is 10.7 Å². The van der Waals surface area contributed by atoms with Crippen molar-refractivity contribution in [2.24, 2.45) is 7.05 Å². The van der Waals surface area contributed by atoms with Crippen molar-refractivity contribution in [1.29, 1.82) is 0 Å². The van der Waals surface area contributed by atoms with Crippen LogP contribution in [-0.2, 0) is 18.3 Å². The molecule has 3 nitrogen and oxygen atoms in total. The minimum Gasteiger partial charge on any atom is -0.329 e. The fourth-order valence-corrected chi connectivity index (χ4v) is 2.31. The number of thioether (sulfide) groups is 1. The van der Waals surface area contributed by atoms with Crippen molar-refractivity contribution in [1.82, 2.24) is 9.55 Å². The molecule has 18 heavy (non-hydrogen) atoms. The Morgan fingerprint density at radius 1 is 1.39 bits per heavy atom. The van der Waals surface area contributed by atoms with Crippen LogP contribution in [0.2, 0.25) is 0 Å². The molecule has 0 unspecified atom stereocenters. The highest BCUT2D eigenvalue weighted by atomic mass is 32.2. The van der Waals surface area contributed by atoms with E-state index in [-0.39, 0.29) is 11.6 Å². The molecule has 0 saturated carbocycles. The molecule has 0 amide bonds. The lowest BCUT2D eigenvalue weighted by Crippen LogP contribution is -2.06. The maximum Gasteiger partial charge on any atom is 0.168 e. The number of carbonyl (C=O) groups excluding carboxylic acids is 1. The Labute approximate surface area is 109 Å². The van der Waals surface area contributed by atoms with Gasteiger partial charge in [0.2, 0.25) is 0 Å². The van der Waals surface area contributed by atoms with Crippen LogP contribution in [0.5, 0.6) is 0 Å². The average molecular weight is 264 g/mol. The van der Waals surface area contributed by atoms with Gasteiger partial charge in [-0.2, -0.15) is 0 Å². The summed E-state index contributed by atoms with van der Waals surface area (Å²) in [6, 6.07) is 6.01. The molecule has 0 bridgehead atoms. The van der Waals surface area contributed by atoms with Gasteiger partial charge in [0.1, 0.15) is 11.6 Å². The van der Waals surface area contributed by atoms with Gasteiger partial charge in [-0.25, -0.2) is 9.37 Å². The van der Waals surface area contributed by atoms with Crippen LogP contribution in [0, 0.1) is 5.82 Å². The Morgan fingerprint density at radius 3 is 2.72 bits per heavy atom. The predicted octanol–water partition coefficient (Wildman–Crippen LogP) is 2.46. The third kappa shape index (κ3) is 3.43. The average Bonchev–Trinajstić information content (AvgIpc) is 2.75. The van der Waals surface area contributed by atoms with Gasteiger partial charge in [-0.3, -0.25) is 4.79 Å². The topological polar surface area (TPSA) is 34.9 Å². The third-order valence-corrected chi connectivity index (χ3v) is 3.57. The van der Waals surface area contributed by atoms with Gasteiger partial charge < -0.3 is 4.57 Å². The zero-order chi connectivity index (χ0) is 13.0. The van der Waals surface area contributed by atoms with E-state index in [9.17, 15) is 9.18 Å². The van der Waals surface area contributed by atoms with Gasteiger partial charge in [0.15, 0.2) is 5.16 Å². The summed E-state index contributed by atoms with van der Waals surface area (Å²) in [7, 11) is 1.89. The van der Waals surface area contributed by atoms with E-state index in [4.69, 9.17) is 0 Å². The third-order valence-electron chi connectivity index (χ3n) is 2.45. The number of halogens is 1. The number of ketones is 1. The molecule has 1 heterocycles. The Morgan fingerprint density at radius 2 is 2.11 bits per heavy atom. The second kappa shape index (κ2) is 5.82.